The van der Waals surface area contributed by atoms with Crippen LogP contribution in [-0.4, -0.2) is 28.6 Å². The summed E-state index contributed by atoms with van der Waals surface area (Å²) in [4.78, 5) is 23.9. The standard InChI is InChI=1S/C16H17N5O2.ClH/c22-14-4-1-9-7-10(2-3-12(9)19-14)18-16(23)15-11-8-17-6-5-13(11)20-21-15;/h2-3,7,17H,1,4-6,8H2,(H,18,23)(H,19,22)(H,20,21);1H. The molecule has 2 aromatic rings. The van der Waals surface area contributed by atoms with Crippen LogP contribution >= 0.6 is 12.4 Å². The molecule has 0 saturated carbocycles. The molecule has 126 valence electrons. The van der Waals surface area contributed by atoms with E-state index in [1.807, 2.05) is 12.1 Å². The zero-order valence-electron chi connectivity index (χ0n) is 12.9. The van der Waals surface area contributed by atoms with Crippen molar-refractivity contribution in [2.45, 2.75) is 25.8 Å². The van der Waals surface area contributed by atoms with Crippen molar-refractivity contribution in [1.29, 1.82) is 0 Å². The number of hydrogen-bond acceptors (Lipinski definition) is 4. The minimum Gasteiger partial charge on any atom is -0.326 e. The van der Waals surface area contributed by atoms with E-state index in [-0.39, 0.29) is 24.2 Å². The van der Waals surface area contributed by atoms with Crippen LogP contribution in [0.3, 0.4) is 0 Å². The van der Waals surface area contributed by atoms with Crippen LogP contribution in [0, 0.1) is 0 Å². The first kappa shape index (κ1) is 16.5. The highest BCUT2D eigenvalue weighted by Crippen LogP contribution is 2.26. The second kappa shape index (κ2) is 6.62. The fourth-order valence-electron chi connectivity index (χ4n) is 3.06. The van der Waals surface area contributed by atoms with Gasteiger partial charge >= 0.3 is 0 Å². The smallest absolute Gasteiger partial charge is 0.276 e. The lowest BCUT2D eigenvalue weighted by molar-refractivity contribution is -0.116. The number of carbonyl (C=O) groups excluding carboxylic acids is 2. The molecular weight excluding hydrogens is 330 g/mol. The van der Waals surface area contributed by atoms with Gasteiger partial charge in [0.2, 0.25) is 5.91 Å². The SMILES string of the molecule is Cl.O=C1CCc2cc(NC(=O)c3n[nH]c4c3CNCC4)ccc2N1. The molecule has 2 aliphatic rings. The third-order valence-electron chi connectivity index (χ3n) is 4.28. The molecule has 3 heterocycles. The molecule has 2 amide bonds. The van der Waals surface area contributed by atoms with E-state index >= 15 is 0 Å². The summed E-state index contributed by atoms with van der Waals surface area (Å²) in [7, 11) is 0. The quantitative estimate of drug-likeness (QED) is 0.663. The molecule has 8 heteroatoms. The summed E-state index contributed by atoms with van der Waals surface area (Å²) in [6.07, 6.45) is 2.02. The largest absolute Gasteiger partial charge is 0.326 e. The number of nitrogens with one attached hydrogen (secondary N) is 4. The van der Waals surface area contributed by atoms with Gasteiger partial charge in [-0.05, 0) is 30.2 Å². The Morgan fingerprint density at radius 1 is 1.21 bits per heavy atom. The molecule has 0 fully saturated rings. The lowest BCUT2D eigenvalue weighted by Gasteiger charge is -2.18. The van der Waals surface area contributed by atoms with Crippen LogP contribution in [0.2, 0.25) is 0 Å². The predicted molar refractivity (Wildman–Crippen MR) is 92.6 cm³/mol. The number of H-pyrrole nitrogens is 1. The van der Waals surface area contributed by atoms with Gasteiger partial charge < -0.3 is 16.0 Å². The van der Waals surface area contributed by atoms with E-state index in [1.165, 1.54) is 0 Å². The number of carbonyl (C=O) groups is 2. The maximum atomic E-state index is 12.5. The molecule has 0 spiro atoms. The summed E-state index contributed by atoms with van der Waals surface area (Å²) in [5, 5.41) is 16.1. The Kier molecular flexibility index (Phi) is 4.55. The normalized spacial score (nSPS) is 15.6. The highest BCUT2D eigenvalue weighted by molar-refractivity contribution is 6.04. The molecule has 0 bridgehead atoms. The average molecular weight is 348 g/mol. The molecule has 4 N–H and O–H groups in total. The third kappa shape index (κ3) is 3.00. The molecule has 0 unspecified atom stereocenters. The Morgan fingerprint density at radius 3 is 2.96 bits per heavy atom. The number of hydrogen-bond donors (Lipinski definition) is 4. The molecular formula is C16H18ClN5O2. The van der Waals surface area contributed by atoms with Crippen molar-refractivity contribution in [3.8, 4) is 0 Å². The van der Waals surface area contributed by atoms with E-state index < -0.39 is 0 Å². The van der Waals surface area contributed by atoms with Gasteiger partial charge in [-0.2, -0.15) is 5.10 Å². The van der Waals surface area contributed by atoms with Crippen molar-refractivity contribution in [2.75, 3.05) is 17.2 Å². The minimum atomic E-state index is -0.217. The molecule has 2 aliphatic heterocycles. The summed E-state index contributed by atoms with van der Waals surface area (Å²) in [5.41, 5.74) is 4.98. The number of aryl methyl sites for hydroxylation is 1. The first-order valence-electron chi connectivity index (χ1n) is 7.71. The summed E-state index contributed by atoms with van der Waals surface area (Å²) >= 11 is 0. The van der Waals surface area contributed by atoms with Crippen molar-refractivity contribution in [3.05, 3.63) is 40.7 Å². The van der Waals surface area contributed by atoms with Crippen molar-refractivity contribution < 1.29 is 9.59 Å². The van der Waals surface area contributed by atoms with Crippen molar-refractivity contribution >= 4 is 35.6 Å². The van der Waals surface area contributed by atoms with E-state index in [0.717, 1.165) is 35.5 Å². The van der Waals surface area contributed by atoms with Gasteiger partial charge in [0.1, 0.15) is 0 Å². The number of amides is 2. The van der Waals surface area contributed by atoms with Gasteiger partial charge in [0.15, 0.2) is 5.69 Å². The van der Waals surface area contributed by atoms with Gasteiger partial charge in [-0.25, -0.2) is 0 Å². The van der Waals surface area contributed by atoms with Gasteiger partial charge in [-0.15, -0.1) is 12.4 Å². The number of rotatable bonds is 2. The van der Waals surface area contributed by atoms with Crippen LogP contribution < -0.4 is 16.0 Å². The van der Waals surface area contributed by atoms with Crippen LogP contribution in [0.1, 0.15) is 33.7 Å². The van der Waals surface area contributed by atoms with E-state index in [9.17, 15) is 9.59 Å². The summed E-state index contributed by atoms with van der Waals surface area (Å²) in [6.45, 7) is 1.55. The lowest BCUT2D eigenvalue weighted by atomic mass is 10.0. The number of nitrogens with zero attached hydrogens (tertiary/aromatic N) is 1. The van der Waals surface area contributed by atoms with Crippen molar-refractivity contribution in [2.24, 2.45) is 0 Å². The summed E-state index contributed by atoms with van der Waals surface area (Å²) < 4.78 is 0. The highest BCUT2D eigenvalue weighted by atomic mass is 35.5. The Morgan fingerprint density at radius 2 is 2.08 bits per heavy atom. The van der Waals surface area contributed by atoms with E-state index in [2.05, 4.69) is 26.1 Å². The Bertz CT molecular complexity index is 802. The highest BCUT2D eigenvalue weighted by Gasteiger charge is 2.22. The Labute approximate surface area is 145 Å². The second-order valence-electron chi connectivity index (χ2n) is 5.83. The molecule has 0 saturated heterocycles. The fourth-order valence-corrected chi connectivity index (χ4v) is 3.06. The van der Waals surface area contributed by atoms with E-state index in [4.69, 9.17) is 0 Å². The molecule has 4 rings (SSSR count). The molecule has 0 aliphatic carbocycles. The third-order valence-corrected chi connectivity index (χ3v) is 4.28. The zero-order chi connectivity index (χ0) is 15.8. The first-order valence-corrected chi connectivity index (χ1v) is 7.71. The maximum Gasteiger partial charge on any atom is 0.276 e. The van der Waals surface area contributed by atoms with Crippen LogP contribution in [-0.2, 0) is 24.2 Å². The maximum absolute atomic E-state index is 12.5. The van der Waals surface area contributed by atoms with Crippen molar-refractivity contribution in [1.82, 2.24) is 15.5 Å². The molecule has 0 atom stereocenters. The van der Waals surface area contributed by atoms with Gasteiger partial charge in [-0.3, -0.25) is 14.7 Å². The molecule has 24 heavy (non-hydrogen) atoms. The Hall–Kier alpha value is -2.38. The first-order chi connectivity index (χ1) is 11.2. The number of halogens is 1. The fraction of sp³-hybridized carbons (Fsp3) is 0.312. The van der Waals surface area contributed by atoms with Crippen LogP contribution in [0.5, 0.6) is 0 Å². The molecule has 7 nitrogen and oxygen atoms in total. The number of anilines is 2. The lowest BCUT2D eigenvalue weighted by Crippen LogP contribution is -2.25. The van der Waals surface area contributed by atoms with Gasteiger partial charge in [0.05, 0.1) is 0 Å². The second-order valence-corrected chi connectivity index (χ2v) is 5.83. The monoisotopic (exact) mass is 347 g/mol. The number of fused-ring (bicyclic) bond motifs is 2. The van der Waals surface area contributed by atoms with Crippen LogP contribution in [0.25, 0.3) is 0 Å². The van der Waals surface area contributed by atoms with E-state index in [0.29, 0.717) is 30.8 Å². The number of aromatic nitrogens is 2. The molecule has 0 radical (unpaired) electrons. The molecule has 1 aromatic carbocycles. The zero-order valence-corrected chi connectivity index (χ0v) is 13.8. The van der Waals surface area contributed by atoms with Crippen molar-refractivity contribution in [3.63, 3.8) is 0 Å². The molecule has 1 aromatic heterocycles. The Balaban J connectivity index is 0.00000169. The summed E-state index contributed by atoms with van der Waals surface area (Å²) in [5.74, 6) is -0.184. The average Bonchev–Trinajstić information content (AvgIpc) is 2.99. The van der Waals surface area contributed by atoms with E-state index in [1.54, 1.807) is 6.07 Å². The van der Waals surface area contributed by atoms with Gasteiger partial charge in [-0.1, -0.05) is 0 Å². The predicted octanol–water partition coefficient (Wildman–Crippen LogP) is 1.61. The van der Waals surface area contributed by atoms with Crippen LogP contribution in [0.4, 0.5) is 11.4 Å². The number of aromatic amines is 1. The van der Waals surface area contributed by atoms with Gasteiger partial charge in [0.25, 0.3) is 5.91 Å². The summed E-state index contributed by atoms with van der Waals surface area (Å²) in [6, 6.07) is 5.52. The van der Waals surface area contributed by atoms with Crippen LogP contribution in [0.15, 0.2) is 18.2 Å². The number of benzene rings is 1. The van der Waals surface area contributed by atoms with Gasteiger partial charge in [0, 0.05) is 48.6 Å². The topological polar surface area (TPSA) is 98.9 Å². The minimum absolute atomic E-state index is 0.